The monoisotopic (exact) mass is 305 g/mol. The minimum atomic E-state index is 0.00519. The summed E-state index contributed by atoms with van der Waals surface area (Å²) in [4.78, 5) is 14.9. The predicted molar refractivity (Wildman–Crippen MR) is 84.0 cm³/mol. The van der Waals surface area contributed by atoms with Gasteiger partial charge in [0, 0.05) is 13.1 Å². The molecule has 0 bridgehead atoms. The number of hydrogen-bond acceptors (Lipinski definition) is 4. The average molecular weight is 305 g/mol. The molecule has 4 rings (SSSR count). The van der Waals surface area contributed by atoms with Crippen molar-refractivity contribution in [2.75, 3.05) is 6.54 Å². The lowest BCUT2D eigenvalue weighted by atomic mass is 9.99. The molecular formula is C17H15N5O. The van der Waals surface area contributed by atoms with Crippen molar-refractivity contribution in [3.63, 3.8) is 0 Å². The Balaban J connectivity index is 1.66. The molecule has 0 unspecified atom stereocenters. The summed E-state index contributed by atoms with van der Waals surface area (Å²) in [6, 6.07) is 15.7. The highest BCUT2D eigenvalue weighted by Gasteiger charge is 2.23. The predicted octanol–water partition coefficient (Wildman–Crippen LogP) is 1.86. The van der Waals surface area contributed by atoms with Crippen LogP contribution in [0.3, 0.4) is 0 Å². The summed E-state index contributed by atoms with van der Waals surface area (Å²) in [6.45, 7) is 1.36. The highest BCUT2D eigenvalue weighted by Crippen LogP contribution is 2.22. The molecule has 0 spiro atoms. The molecule has 0 fully saturated rings. The van der Waals surface area contributed by atoms with E-state index in [1.54, 1.807) is 0 Å². The van der Waals surface area contributed by atoms with Gasteiger partial charge in [0.25, 0.3) is 5.91 Å². The number of fused-ring (bicyclic) bond motifs is 1. The van der Waals surface area contributed by atoms with E-state index in [4.69, 9.17) is 0 Å². The molecule has 1 aliphatic heterocycles. The number of amides is 1. The van der Waals surface area contributed by atoms with Crippen LogP contribution in [-0.2, 0) is 13.0 Å². The summed E-state index contributed by atoms with van der Waals surface area (Å²) in [6.07, 6.45) is 2.38. The van der Waals surface area contributed by atoms with Gasteiger partial charge >= 0.3 is 0 Å². The molecule has 3 aromatic rings. The van der Waals surface area contributed by atoms with Gasteiger partial charge in [-0.15, -0.1) is 5.10 Å². The molecule has 1 amide bonds. The van der Waals surface area contributed by atoms with Crippen LogP contribution < -0.4 is 0 Å². The van der Waals surface area contributed by atoms with Gasteiger partial charge in [-0.2, -0.15) is 4.68 Å². The Labute approximate surface area is 133 Å². The summed E-state index contributed by atoms with van der Waals surface area (Å²) >= 11 is 0. The zero-order valence-corrected chi connectivity index (χ0v) is 12.5. The van der Waals surface area contributed by atoms with Crippen molar-refractivity contribution in [2.24, 2.45) is 0 Å². The van der Waals surface area contributed by atoms with Crippen molar-refractivity contribution >= 4 is 5.91 Å². The van der Waals surface area contributed by atoms with E-state index in [-0.39, 0.29) is 5.91 Å². The molecule has 2 heterocycles. The van der Waals surface area contributed by atoms with Gasteiger partial charge in [-0.05, 0) is 40.1 Å². The minimum Gasteiger partial charge on any atom is -0.334 e. The summed E-state index contributed by atoms with van der Waals surface area (Å²) in [7, 11) is 0. The van der Waals surface area contributed by atoms with E-state index < -0.39 is 0 Å². The van der Waals surface area contributed by atoms with Crippen molar-refractivity contribution in [1.29, 1.82) is 0 Å². The number of para-hydroxylation sites is 1. The van der Waals surface area contributed by atoms with Gasteiger partial charge in [-0.1, -0.05) is 36.4 Å². The Hall–Kier alpha value is -3.02. The molecule has 0 saturated heterocycles. The molecule has 1 aromatic heterocycles. The van der Waals surface area contributed by atoms with E-state index in [0.29, 0.717) is 17.8 Å². The second-order valence-electron chi connectivity index (χ2n) is 5.52. The lowest BCUT2D eigenvalue weighted by Gasteiger charge is -2.29. The van der Waals surface area contributed by atoms with Gasteiger partial charge in [0.05, 0.1) is 11.3 Å². The largest absolute Gasteiger partial charge is 0.334 e. The molecular weight excluding hydrogens is 290 g/mol. The van der Waals surface area contributed by atoms with E-state index in [0.717, 1.165) is 13.0 Å². The SMILES string of the molecule is O=C(c1ccccc1-n1cnnn1)N1CCc2ccccc2C1. The Morgan fingerprint density at radius 2 is 1.78 bits per heavy atom. The average Bonchev–Trinajstić information content (AvgIpc) is 3.15. The fraction of sp³-hybridized carbons (Fsp3) is 0.176. The molecule has 0 radical (unpaired) electrons. The first kappa shape index (κ1) is 13.6. The Morgan fingerprint density at radius 3 is 2.61 bits per heavy atom. The summed E-state index contributed by atoms with van der Waals surface area (Å²) < 4.78 is 1.52. The topological polar surface area (TPSA) is 63.9 Å². The van der Waals surface area contributed by atoms with Gasteiger partial charge in [0.1, 0.15) is 6.33 Å². The lowest BCUT2D eigenvalue weighted by molar-refractivity contribution is 0.0734. The lowest BCUT2D eigenvalue weighted by Crippen LogP contribution is -2.36. The number of aromatic nitrogens is 4. The molecule has 23 heavy (non-hydrogen) atoms. The molecule has 1 aliphatic rings. The zero-order chi connectivity index (χ0) is 15.6. The third kappa shape index (κ3) is 2.48. The number of carbonyl (C=O) groups is 1. The first-order valence-electron chi connectivity index (χ1n) is 7.51. The molecule has 0 aliphatic carbocycles. The second-order valence-corrected chi connectivity index (χ2v) is 5.52. The second kappa shape index (κ2) is 5.64. The number of tetrazole rings is 1. The first-order valence-corrected chi connectivity index (χ1v) is 7.51. The fourth-order valence-corrected chi connectivity index (χ4v) is 2.97. The molecule has 114 valence electrons. The number of hydrogen-bond donors (Lipinski definition) is 0. The standard InChI is InChI=1S/C17H15N5O/c23-17(21-10-9-13-5-1-2-6-14(13)11-21)15-7-3-4-8-16(15)22-12-18-19-20-22/h1-8,12H,9-11H2. The van der Waals surface area contributed by atoms with Gasteiger partial charge < -0.3 is 4.90 Å². The number of nitrogens with zero attached hydrogens (tertiary/aromatic N) is 5. The molecule has 6 heteroatoms. The molecule has 0 N–H and O–H groups in total. The van der Waals surface area contributed by atoms with Crippen LogP contribution in [0.25, 0.3) is 5.69 Å². The molecule has 2 aromatic carbocycles. The maximum Gasteiger partial charge on any atom is 0.256 e. The van der Waals surface area contributed by atoms with Crippen molar-refractivity contribution in [3.8, 4) is 5.69 Å². The maximum absolute atomic E-state index is 13.0. The smallest absolute Gasteiger partial charge is 0.256 e. The third-order valence-corrected chi connectivity index (χ3v) is 4.15. The number of carbonyl (C=O) groups excluding carboxylic acids is 1. The first-order chi connectivity index (χ1) is 11.3. The van der Waals surface area contributed by atoms with Crippen LogP contribution in [0.4, 0.5) is 0 Å². The van der Waals surface area contributed by atoms with Gasteiger partial charge in [-0.3, -0.25) is 4.79 Å². The third-order valence-electron chi connectivity index (χ3n) is 4.15. The van der Waals surface area contributed by atoms with Crippen molar-refractivity contribution in [3.05, 3.63) is 71.5 Å². The minimum absolute atomic E-state index is 0.00519. The van der Waals surface area contributed by atoms with Crippen LogP contribution >= 0.6 is 0 Å². The van der Waals surface area contributed by atoms with E-state index in [9.17, 15) is 4.79 Å². The van der Waals surface area contributed by atoms with Crippen molar-refractivity contribution in [1.82, 2.24) is 25.1 Å². The summed E-state index contributed by atoms with van der Waals surface area (Å²) in [5.74, 6) is 0.00519. The van der Waals surface area contributed by atoms with E-state index in [1.165, 1.54) is 22.1 Å². The molecule has 6 nitrogen and oxygen atoms in total. The van der Waals surface area contributed by atoms with Crippen molar-refractivity contribution in [2.45, 2.75) is 13.0 Å². The van der Waals surface area contributed by atoms with Crippen LogP contribution in [-0.4, -0.2) is 37.6 Å². The van der Waals surface area contributed by atoms with Gasteiger partial charge in [0.15, 0.2) is 0 Å². The Morgan fingerprint density at radius 1 is 1.00 bits per heavy atom. The Bertz CT molecular complexity index is 844. The number of rotatable bonds is 2. The highest BCUT2D eigenvalue weighted by atomic mass is 16.2. The van der Waals surface area contributed by atoms with Crippen LogP contribution in [0, 0.1) is 0 Å². The highest BCUT2D eigenvalue weighted by molar-refractivity contribution is 5.97. The Kier molecular flexibility index (Phi) is 3.34. The number of benzene rings is 2. The normalized spacial score (nSPS) is 13.7. The van der Waals surface area contributed by atoms with Crippen LogP contribution in [0.15, 0.2) is 54.9 Å². The molecule has 0 saturated carbocycles. The van der Waals surface area contributed by atoms with Crippen LogP contribution in [0.1, 0.15) is 21.5 Å². The van der Waals surface area contributed by atoms with E-state index in [2.05, 4.69) is 27.7 Å². The van der Waals surface area contributed by atoms with Gasteiger partial charge in [-0.25, -0.2) is 0 Å². The molecule has 0 atom stereocenters. The summed E-state index contributed by atoms with van der Waals surface area (Å²) in [5.41, 5.74) is 3.85. The van der Waals surface area contributed by atoms with Crippen LogP contribution in [0.5, 0.6) is 0 Å². The van der Waals surface area contributed by atoms with E-state index >= 15 is 0 Å². The summed E-state index contributed by atoms with van der Waals surface area (Å²) in [5, 5.41) is 11.2. The van der Waals surface area contributed by atoms with E-state index in [1.807, 2.05) is 41.3 Å². The van der Waals surface area contributed by atoms with Crippen LogP contribution in [0.2, 0.25) is 0 Å². The maximum atomic E-state index is 13.0. The zero-order valence-electron chi connectivity index (χ0n) is 12.5. The quantitative estimate of drug-likeness (QED) is 0.725. The van der Waals surface area contributed by atoms with Crippen molar-refractivity contribution < 1.29 is 4.79 Å². The fourth-order valence-electron chi connectivity index (χ4n) is 2.97. The van der Waals surface area contributed by atoms with Gasteiger partial charge in [0.2, 0.25) is 0 Å².